The zero-order chi connectivity index (χ0) is 20.4. The van der Waals surface area contributed by atoms with Crippen LogP contribution in [0.4, 0.5) is 10.5 Å². The van der Waals surface area contributed by atoms with E-state index in [0.29, 0.717) is 49.3 Å². The van der Waals surface area contributed by atoms with Crippen LogP contribution in [0.3, 0.4) is 0 Å². The molecule has 0 aliphatic heterocycles. The molecule has 0 saturated carbocycles. The van der Waals surface area contributed by atoms with Crippen LogP contribution in [0.15, 0.2) is 48.5 Å². The Morgan fingerprint density at radius 1 is 0.964 bits per heavy atom. The van der Waals surface area contributed by atoms with Crippen molar-refractivity contribution in [1.82, 2.24) is 5.32 Å². The van der Waals surface area contributed by atoms with Gasteiger partial charge in [-0.05, 0) is 57.2 Å². The van der Waals surface area contributed by atoms with Crippen LogP contribution in [-0.2, 0) is 9.47 Å². The Morgan fingerprint density at radius 2 is 1.64 bits per heavy atom. The first kappa shape index (κ1) is 21.4. The molecule has 28 heavy (non-hydrogen) atoms. The highest BCUT2D eigenvalue weighted by molar-refractivity contribution is 5.67. The van der Waals surface area contributed by atoms with E-state index < -0.39 is 11.7 Å². The van der Waals surface area contributed by atoms with E-state index >= 15 is 0 Å². The fraction of sp³-hybridized carbons (Fsp3) is 0.381. The SMILES string of the molecule is CC(C)(C)OC(=O)NCCOCCOc1ccc(Oc2ccccc2N)cc1. The van der Waals surface area contributed by atoms with E-state index in [0.717, 1.165) is 0 Å². The number of carbonyl (C=O) groups is 1. The molecule has 0 heterocycles. The summed E-state index contributed by atoms with van der Waals surface area (Å²) in [5.74, 6) is 2.00. The number of alkyl carbamates (subject to hydrolysis) is 1. The molecule has 0 radical (unpaired) electrons. The number of nitrogens with two attached hydrogens (primary N) is 1. The number of amides is 1. The number of para-hydroxylation sites is 2. The fourth-order valence-corrected chi connectivity index (χ4v) is 2.16. The lowest BCUT2D eigenvalue weighted by atomic mass is 10.2. The minimum Gasteiger partial charge on any atom is -0.491 e. The van der Waals surface area contributed by atoms with Crippen LogP contribution in [0.2, 0.25) is 0 Å². The zero-order valence-electron chi connectivity index (χ0n) is 16.6. The van der Waals surface area contributed by atoms with Gasteiger partial charge >= 0.3 is 6.09 Å². The van der Waals surface area contributed by atoms with Crippen LogP contribution in [0.5, 0.6) is 17.2 Å². The third-order valence-electron chi connectivity index (χ3n) is 3.38. The normalized spacial score (nSPS) is 11.0. The Labute approximate surface area is 165 Å². The maximum Gasteiger partial charge on any atom is 0.407 e. The van der Waals surface area contributed by atoms with Gasteiger partial charge in [0, 0.05) is 6.54 Å². The lowest BCUT2D eigenvalue weighted by molar-refractivity contribution is 0.0489. The maximum atomic E-state index is 11.5. The van der Waals surface area contributed by atoms with Gasteiger partial charge in [-0.15, -0.1) is 0 Å². The molecule has 0 atom stereocenters. The molecule has 0 fully saturated rings. The van der Waals surface area contributed by atoms with Crippen molar-refractivity contribution in [1.29, 1.82) is 0 Å². The van der Waals surface area contributed by atoms with E-state index in [2.05, 4.69) is 5.32 Å². The van der Waals surface area contributed by atoms with Crippen molar-refractivity contribution in [3.05, 3.63) is 48.5 Å². The van der Waals surface area contributed by atoms with Gasteiger partial charge in [-0.1, -0.05) is 12.1 Å². The topological polar surface area (TPSA) is 92.0 Å². The summed E-state index contributed by atoms with van der Waals surface area (Å²) < 4.78 is 21.9. The Balaban J connectivity index is 1.60. The average Bonchev–Trinajstić information content (AvgIpc) is 2.62. The fourth-order valence-electron chi connectivity index (χ4n) is 2.16. The Bertz CT molecular complexity index is 741. The summed E-state index contributed by atoms with van der Waals surface area (Å²) in [6.07, 6.45) is -0.452. The van der Waals surface area contributed by atoms with Gasteiger partial charge in [-0.25, -0.2) is 4.79 Å². The molecule has 0 aliphatic carbocycles. The number of ether oxygens (including phenoxy) is 4. The van der Waals surface area contributed by atoms with Crippen molar-refractivity contribution >= 4 is 11.8 Å². The molecule has 7 heteroatoms. The van der Waals surface area contributed by atoms with Crippen LogP contribution in [0.1, 0.15) is 20.8 Å². The van der Waals surface area contributed by atoms with Gasteiger partial charge in [-0.2, -0.15) is 0 Å². The molecule has 0 aromatic heterocycles. The van der Waals surface area contributed by atoms with E-state index in [-0.39, 0.29) is 0 Å². The van der Waals surface area contributed by atoms with Gasteiger partial charge in [0.2, 0.25) is 0 Å². The first-order valence-electron chi connectivity index (χ1n) is 9.13. The molecular weight excluding hydrogens is 360 g/mol. The van der Waals surface area contributed by atoms with Crippen molar-refractivity contribution < 1.29 is 23.7 Å². The number of hydrogen-bond donors (Lipinski definition) is 2. The van der Waals surface area contributed by atoms with Crippen LogP contribution < -0.4 is 20.5 Å². The lowest BCUT2D eigenvalue weighted by Gasteiger charge is -2.19. The third-order valence-corrected chi connectivity index (χ3v) is 3.38. The lowest BCUT2D eigenvalue weighted by Crippen LogP contribution is -2.34. The molecule has 0 unspecified atom stereocenters. The number of anilines is 1. The average molecular weight is 388 g/mol. The summed E-state index contributed by atoms with van der Waals surface area (Å²) in [5.41, 5.74) is 5.94. The van der Waals surface area contributed by atoms with Gasteiger partial charge in [0.1, 0.15) is 29.5 Å². The standard InChI is InChI=1S/C21H28N2O5/c1-21(2,3)28-20(24)23-12-13-25-14-15-26-16-8-10-17(11-9-16)27-19-7-5-4-6-18(19)22/h4-11H,12-15,22H2,1-3H3,(H,23,24). The van der Waals surface area contributed by atoms with E-state index in [4.69, 9.17) is 24.7 Å². The minimum absolute atomic E-state index is 0.379. The quantitative estimate of drug-likeness (QED) is 0.499. The van der Waals surface area contributed by atoms with Crippen LogP contribution >= 0.6 is 0 Å². The Kier molecular flexibility index (Phi) is 7.95. The highest BCUT2D eigenvalue weighted by atomic mass is 16.6. The molecule has 1 amide bonds. The number of nitrogen functional groups attached to an aromatic ring is 1. The van der Waals surface area contributed by atoms with Gasteiger partial charge in [0.25, 0.3) is 0 Å². The number of nitrogens with one attached hydrogen (secondary N) is 1. The van der Waals surface area contributed by atoms with Crippen molar-refractivity contribution in [3.8, 4) is 17.2 Å². The molecule has 0 aliphatic rings. The number of benzene rings is 2. The van der Waals surface area contributed by atoms with E-state index in [1.807, 2.05) is 63.2 Å². The second-order valence-electron chi connectivity index (χ2n) is 7.00. The minimum atomic E-state index is -0.507. The second kappa shape index (κ2) is 10.4. The highest BCUT2D eigenvalue weighted by Gasteiger charge is 2.15. The van der Waals surface area contributed by atoms with E-state index in [1.54, 1.807) is 6.07 Å². The monoisotopic (exact) mass is 388 g/mol. The highest BCUT2D eigenvalue weighted by Crippen LogP contribution is 2.28. The molecule has 0 bridgehead atoms. The second-order valence-corrected chi connectivity index (χ2v) is 7.00. The summed E-state index contributed by atoms with van der Waals surface area (Å²) in [7, 11) is 0. The molecule has 7 nitrogen and oxygen atoms in total. The first-order chi connectivity index (χ1) is 13.3. The third kappa shape index (κ3) is 8.18. The first-order valence-corrected chi connectivity index (χ1v) is 9.13. The van der Waals surface area contributed by atoms with Crippen molar-refractivity contribution in [2.45, 2.75) is 26.4 Å². The molecule has 0 saturated heterocycles. The van der Waals surface area contributed by atoms with Crippen LogP contribution in [-0.4, -0.2) is 38.1 Å². The van der Waals surface area contributed by atoms with Crippen molar-refractivity contribution in [2.24, 2.45) is 0 Å². The summed E-state index contributed by atoms with van der Waals surface area (Å²) in [6, 6.07) is 14.6. The van der Waals surface area contributed by atoms with Gasteiger partial charge in [0.05, 0.1) is 18.9 Å². The van der Waals surface area contributed by atoms with Crippen LogP contribution in [0.25, 0.3) is 0 Å². The van der Waals surface area contributed by atoms with Crippen LogP contribution in [0, 0.1) is 0 Å². The predicted molar refractivity (Wildman–Crippen MR) is 108 cm³/mol. The summed E-state index contributed by atoms with van der Waals surface area (Å²) in [5, 5.41) is 2.63. The summed E-state index contributed by atoms with van der Waals surface area (Å²) in [4.78, 5) is 11.5. The molecule has 3 N–H and O–H groups in total. The molecule has 2 rings (SSSR count). The molecule has 152 valence electrons. The Hall–Kier alpha value is -2.93. The van der Waals surface area contributed by atoms with Crippen molar-refractivity contribution in [3.63, 3.8) is 0 Å². The molecular formula is C21H28N2O5. The molecule has 2 aromatic carbocycles. The number of hydrogen-bond acceptors (Lipinski definition) is 6. The van der Waals surface area contributed by atoms with Gasteiger partial charge in [0.15, 0.2) is 0 Å². The smallest absolute Gasteiger partial charge is 0.407 e. The van der Waals surface area contributed by atoms with Gasteiger partial charge in [-0.3, -0.25) is 0 Å². The zero-order valence-corrected chi connectivity index (χ0v) is 16.6. The maximum absolute atomic E-state index is 11.5. The predicted octanol–water partition coefficient (Wildman–Crippen LogP) is 3.98. The molecule has 0 spiro atoms. The molecule has 2 aromatic rings. The van der Waals surface area contributed by atoms with E-state index in [9.17, 15) is 4.79 Å². The van der Waals surface area contributed by atoms with Gasteiger partial charge < -0.3 is 30.0 Å². The largest absolute Gasteiger partial charge is 0.491 e. The Morgan fingerprint density at radius 3 is 2.32 bits per heavy atom. The van der Waals surface area contributed by atoms with E-state index in [1.165, 1.54) is 0 Å². The van der Waals surface area contributed by atoms with Crippen molar-refractivity contribution in [2.75, 3.05) is 32.1 Å². The number of rotatable bonds is 9. The summed E-state index contributed by atoms with van der Waals surface area (Å²) in [6.45, 7) is 7.02. The number of carbonyl (C=O) groups excluding carboxylic acids is 1. The summed E-state index contributed by atoms with van der Waals surface area (Å²) >= 11 is 0.